The van der Waals surface area contributed by atoms with Crippen LogP contribution in [-0.2, 0) is 11.2 Å². The molecule has 0 radical (unpaired) electrons. The minimum atomic E-state index is -0.430. The monoisotopic (exact) mass is 325 g/mol. The highest BCUT2D eigenvalue weighted by atomic mass is 32.1. The second-order valence-electron chi connectivity index (χ2n) is 4.97. The molecule has 2 N–H and O–H groups in total. The van der Waals surface area contributed by atoms with E-state index in [-0.39, 0.29) is 11.6 Å². The van der Waals surface area contributed by atoms with E-state index >= 15 is 0 Å². The molecule has 0 bridgehead atoms. The first-order chi connectivity index (χ1) is 11.2. The summed E-state index contributed by atoms with van der Waals surface area (Å²) in [6, 6.07) is 14.9. The van der Waals surface area contributed by atoms with E-state index in [1.165, 1.54) is 0 Å². The molecule has 6 heteroatoms. The molecule has 2 aromatic heterocycles. The molecule has 23 heavy (non-hydrogen) atoms. The van der Waals surface area contributed by atoms with Crippen LogP contribution < -0.4 is 10.9 Å². The van der Waals surface area contributed by atoms with Gasteiger partial charge in [-0.1, -0.05) is 30.3 Å². The zero-order valence-corrected chi connectivity index (χ0v) is 13.1. The second-order valence-corrected chi connectivity index (χ2v) is 6.00. The van der Waals surface area contributed by atoms with Crippen molar-refractivity contribution < 1.29 is 9.59 Å². The van der Waals surface area contributed by atoms with E-state index in [9.17, 15) is 9.59 Å². The van der Waals surface area contributed by atoms with Gasteiger partial charge in [0.2, 0.25) is 5.91 Å². The Morgan fingerprint density at radius 2 is 1.87 bits per heavy atom. The van der Waals surface area contributed by atoms with Gasteiger partial charge in [-0.15, -0.1) is 11.3 Å². The fourth-order valence-corrected chi connectivity index (χ4v) is 2.85. The normalized spacial score (nSPS) is 10.4. The minimum absolute atomic E-state index is 0.229. The van der Waals surface area contributed by atoms with Crippen molar-refractivity contribution in [1.29, 1.82) is 0 Å². The van der Waals surface area contributed by atoms with Crippen molar-refractivity contribution in [2.45, 2.75) is 12.8 Å². The van der Waals surface area contributed by atoms with Gasteiger partial charge in [0.1, 0.15) is 5.69 Å². The molecule has 0 saturated carbocycles. The maximum Gasteiger partial charge on any atom is 0.288 e. The van der Waals surface area contributed by atoms with Crippen molar-refractivity contribution in [2.24, 2.45) is 0 Å². The van der Waals surface area contributed by atoms with Gasteiger partial charge in [-0.3, -0.25) is 20.4 Å². The first kappa shape index (κ1) is 15.2. The largest absolute Gasteiger partial charge is 0.288 e. The van der Waals surface area contributed by atoms with Crippen LogP contribution >= 0.6 is 11.3 Å². The number of nitrogens with zero attached hydrogens (tertiary/aromatic N) is 1. The van der Waals surface area contributed by atoms with Crippen molar-refractivity contribution in [3.63, 3.8) is 0 Å². The smallest absolute Gasteiger partial charge is 0.273 e. The predicted molar refractivity (Wildman–Crippen MR) is 90.0 cm³/mol. The third kappa shape index (κ3) is 3.92. The van der Waals surface area contributed by atoms with E-state index in [1.54, 1.807) is 17.4 Å². The van der Waals surface area contributed by atoms with Crippen molar-refractivity contribution in [1.82, 2.24) is 15.8 Å². The zero-order chi connectivity index (χ0) is 16.1. The number of nitrogens with one attached hydrogen (secondary N) is 2. The zero-order valence-electron chi connectivity index (χ0n) is 12.3. The lowest BCUT2D eigenvalue weighted by molar-refractivity contribution is -0.121. The van der Waals surface area contributed by atoms with Crippen molar-refractivity contribution in [2.75, 3.05) is 0 Å². The number of amides is 2. The van der Waals surface area contributed by atoms with Crippen LogP contribution in [0.15, 0.2) is 53.9 Å². The minimum Gasteiger partial charge on any atom is -0.273 e. The molecule has 0 saturated heterocycles. The van der Waals surface area contributed by atoms with Gasteiger partial charge in [-0.25, -0.2) is 4.98 Å². The number of rotatable bonds is 4. The van der Waals surface area contributed by atoms with Gasteiger partial charge in [0.25, 0.3) is 5.91 Å². The number of carbonyl (C=O) groups excluding carboxylic acids is 2. The number of pyridine rings is 1. The summed E-state index contributed by atoms with van der Waals surface area (Å²) in [5.41, 5.74) is 5.82. The fraction of sp³-hybridized carbons (Fsp3) is 0.118. The van der Waals surface area contributed by atoms with Crippen LogP contribution in [0.5, 0.6) is 0 Å². The number of fused-ring (bicyclic) bond motifs is 1. The molecule has 3 aromatic rings. The van der Waals surface area contributed by atoms with E-state index in [1.807, 2.05) is 47.8 Å². The summed E-state index contributed by atoms with van der Waals surface area (Å²) in [7, 11) is 0. The highest BCUT2D eigenvalue weighted by Crippen LogP contribution is 2.12. The summed E-state index contributed by atoms with van der Waals surface area (Å²) >= 11 is 1.61. The highest BCUT2D eigenvalue weighted by molar-refractivity contribution is 7.09. The molecule has 1 aromatic carbocycles. The molecule has 2 heterocycles. The Hall–Kier alpha value is -2.73. The van der Waals surface area contributed by atoms with Crippen molar-refractivity contribution in [3.05, 3.63) is 64.5 Å². The van der Waals surface area contributed by atoms with Crippen LogP contribution in [0.3, 0.4) is 0 Å². The summed E-state index contributed by atoms with van der Waals surface area (Å²) in [6.45, 7) is 0. The molecule has 116 valence electrons. The van der Waals surface area contributed by atoms with Gasteiger partial charge in [0.05, 0.1) is 5.52 Å². The summed E-state index contributed by atoms with van der Waals surface area (Å²) in [4.78, 5) is 29.2. The van der Waals surface area contributed by atoms with Gasteiger partial charge >= 0.3 is 0 Å². The Morgan fingerprint density at radius 3 is 2.70 bits per heavy atom. The molecule has 0 fully saturated rings. The lowest BCUT2D eigenvalue weighted by atomic mass is 10.2. The molecule has 2 amide bonds. The molecule has 3 rings (SSSR count). The van der Waals surface area contributed by atoms with Gasteiger partial charge in [-0.2, -0.15) is 0 Å². The molecule has 0 spiro atoms. The summed E-state index contributed by atoms with van der Waals surface area (Å²) in [6.07, 6.45) is 0.986. The number of hydrazine groups is 1. The van der Waals surface area contributed by atoms with Crippen molar-refractivity contribution in [3.8, 4) is 0 Å². The molecule has 0 atom stereocenters. The van der Waals surface area contributed by atoms with Crippen LogP contribution in [0.25, 0.3) is 10.9 Å². The maximum absolute atomic E-state index is 12.0. The highest BCUT2D eigenvalue weighted by Gasteiger charge is 2.09. The fourth-order valence-electron chi connectivity index (χ4n) is 2.14. The molecular weight excluding hydrogens is 310 g/mol. The number of hydrogen-bond acceptors (Lipinski definition) is 4. The number of benzene rings is 1. The summed E-state index contributed by atoms with van der Waals surface area (Å²) in [5.74, 6) is -0.659. The molecule has 0 unspecified atom stereocenters. The van der Waals surface area contributed by atoms with E-state index in [4.69, 9.17) is 0 Å². The number of hydrogen-bond donors (Lipinski definition) is 2. The molecule has 0 aliphatic carbocycles. The SMILES string of the molecule is O=C(CCc1cccs1)NNC(=O)c1ccc2ccccc2n1. The lowest BCUT2D eigenvalue weighted by Gasteiger charge is -2.07. The first-order valence-corrected chi connectivity index (χ1v) is 8.08. The lowest BCUT2D eigenvalue weighted by Crippen LogP contribution is -2.42. The second kappa shape index (κ2) is 7.02. The summed E-state index contributed by atoms with van der Waals surface area (Å²) in [5, 5.41) is 2.93. The standard InChI is InChI=1S/C17H15N3O2S/c21-16(10-8-13-5-3-11-23-13)19-20-17(22)15-9-7-12-4-1-2-6-14(12)18-15/h1-7,9,11H,8,10H2,(H,19,21)(H,20,22). The maximum atomic E-state index is 12.0. The quantitative estimate of drug-likeness (QED) is 0.725. The Labute approximate surface area is 137 Å². The van der Waals surface area contributed by atoms with Gasteiger partial charge in [0, 0.05) is 16.7 Å². The summed E-state index contributed by atoms with van der Waals surface area (Å²) < 4.78 is 0. The molecule has 0 aliphatic heterocycles. The molecule has 5 nitrogen and oxygen atoms in total. The Balaban J connectivity index is 1.54. The van der Waals surface area contributed by atoms with Crippen molar-refractivity contribution >= 4 is 34.1 Å². The van der Waals surface area contributed by atoms with E-state index < -0.39 is 5.91 Å². The number of thiophene rings is 1. The van der Waals surface area contributed by atoms with Gasteiger partial charge in [-0.05, 0) is 30.0 Å². The average Bonchev–Trinajstić information content (AvgIpc) is 3.11. The van der Waals surface area contributed by atoms with Crippen LogP contribution in [0, 0.1) is 0 Å². The molecule has 0 aliphatic rings. The first-order valence-electron chi connectivity index (χ1n) is 7.20. The van der Waals surface area contributed by atoms with Crippen LogP contribution in [0.2, 0.25) is 0 Å². The topological polar surface area (TPSA) is 71.1 Å². The number of para-hydroxylation sites is 1. The number of aromatic nitrogens is 1. The third-order valence-corrected chi connectivity index (χ3v) is 4.26. The number of aryl methyl sites for hydroxylation is 1. The van der Waals surface area contributed by atoms with Crippen LogP contribution in [0.1, 0.15) is 21.8 Å². The predicted octanol–water partition coefficient (Wildman–Crippen LogP) is 2.69. The third-order valence-electron chi connectivity index (χ3n) is 3.33. The number of carbonyl (C=O) groups is 2. The van der Waals surface area contributed by atoms with E-state index in [0.29, 0.717) is 12.8 Å². The Kier molecular flexibility index (Phi) is 4.63. The van der Waals surface area contributed by atoms with Crippen LogP contribution in [0.4, 0.5) is 0 Å². The van der Waals surface area contributed by atoms with E-state index in [0.717, 1.165) is 15.8 Å². The van der Waals surface area contributed by atoms with Gasteiger partial charge < -0.3 is 0 Å². The Morgan fingerprint density at radius 1 is 1.00 bits per heavy atom. The van der Waals surface area contributed by atoms with E-state index in [2.05, 4.69) is 15.8 Å². The Bertz CT molecular complexity index is 831. The van der Waals surface area contributed by atoms with Gasteiger partial charge in [0.15, 0.2) is 0 Å². The molecular formula is C17H15N3O2S. The average molecular weight is 325 g/mol. The van der Waals surface area contributed by atoms with Crippen LogP contribution in [-0.4, -0.2) is 16.8 Å².